The van der Waals surface area contributed by atoms with Crippen LogP contribution in [0.15, 0.2) is 18.2 Å². The number of carbonyl (C=O) groups is 1. The van der Waals surface area contributed by atoms with Gasteiger partial charge in [-0.2, -0.15) is 0 Å². The predicted octanol–water partition coefficient (Wildman–Crippen LogP) is 1.64. The standard InChI is InChI=1S/C16H24N4O/c1-11-10-12(5-6-13(11)19-17)16(21)18-14-7-9-20-8-3-2-4-15(14)20/h5-6,10,14-15,19H,2-4,7-9,17H2,1H3,(H,18,21). The van der Waals surface area contributed by atoms with Crippen molar-refractivity contribution in [2.24, 2.45) is 5.84 Å². The second kappa shape index (κ2) is 6.03. The van der Waals surface area contributed by atoms with Crippen LogP contribution in [0.1, 0.15) is 41.6 Å². The first-order valence-corrected chi connectivity index (χ1v) is 7.81. The van der Waals surface area contributed by atoms with Gasteiger partial charge < -0.3 is 10.7 Å². The summed E-state index contributed by atoms with van der Waals surface area (Å²) in [4.78, 5) is 15.0. The van der Waals surface area contributed by atoms with Crippen molar-refractivity contribution in [1.29, 1.82) is 0 Å². The van der Waals surface area contributed by atoms with Crippen LogP contribution in [0, 0.1) is 6.92 Å². The maximum absolute atomic E-state index is 12.4. The van der Waals surface area contributed by atoms with Gasteiger partial charge in [0.2, 0.25) is 0 Å². The second-order valence-electron chi connectivity index (χ2n) is 6.14. The molecule has 0 bridgehead atoms. The molecule has 2 heterocycles. The summed E-state index contributed by atoms with van der Waals surface area (Å²) in [5.74, 6) is 5.45. The Hall–Kier alpha value is -1.59. The zero-order chi connectivity index (χ0) is 14.8. The summed E-state index contributed by atoms with van der Waals surface area (Å²) in [5.41, 5.74) is 5.18. The Balaban J connectivity index is 1.67. The Morgan fingerprint density at radius 2 is 2.14 bits per heavy atom. The zero-order valence-electron chi connectivity index (χ0n) is 12.6. The lowest BCUT2D eigenvalue weighted by molar-refractivity contribution is 0.0915. The molecule has 0 radical (unpaired) electrons. The number of fused-ring (bicyclic) bond motifs is 1. The van der Waals surface area contributed by atoms with Crippen molar-refractivity contribution in [3.63, 3.8) is 0 Å². The van der Waals surface area contributed by atoms with E-state index in [2.05, 4.69) is 15.6 Å². The number of carbonyl (C=O) groups excluding carboxylic acids is 1. The molecule has 21 heavy (non-hydrogen) atoms. The van der Waals surface area contributed by atoms with E-state index in [1.807, 2.05) is 25.1 Å². The fourth-order valence-electron chi connectivity index (χ4n) is 3.63. The first-order chi connectivity index (χ1) is 10.2. The largest absolute Gasteiger partial charge is 0.348 e. The van der Waals surface area contributed by atoms with Crippen molar-refractivity contribution in [3.05, 3.63) is 29.3 Å². The van der Waals surface area contributed by atoms with E-state index in [9.17, 15) is 4.79 Å². The quantitative estimate of drug-likeness (QED) is 0.584. The normalized spacial score (nSPS) is 25.4. The third-order valence-corrected chi connectivity index (χ3v) is 4.82. The van der Waals surface area contributed by atoms with Gasteiger partial charge in [0.25, 0.3) is 5.91 Å². The lowest BCUT2D eigenvalue weighted by atomic mass is 9.98. The highest BCUT2D eigenvalue weighted by molar-refractivity contribution is 5.95. The average Bonchev–Trinajstić information content (AvgIpc) is 2.90. The van der Waals surface area contributed by atoms with Gasteiger partial charge in [-0.15, -0.1) is 0 Å². The molecule has 0 aliphatic carbocycles. The van der Waals surface area contributed by atoms with Gasteiger partial charge in [-0.1, -0.05) is 6.42 Å². The van der Waals surface area contributed by atoms with Gasteiger partial charge >= 0.3 is 0 Å². The van der Waals surface area contributed by atoms with Crippen molar-refractivity contribution < 1.29 is 4.79 Å². The van der Waals surface area contributed by atoms with Gasteiger partial charge in [0.05, 0.1) is 5.69 Å². The Labute approximate surface area is 125 Å². The van der Waals surface area contributed by atoms with Crippen LogP contribution < -0.4 is 16.6 Å². The summed E-state index contributed by atoms with van der Waals surface area (Å²) >= 11 is 0. The Morgan fingerprint density at radius 1 is 1.29 bits per heavy atom. The third-order valence-electron chi connectivity index (χ3n) is 4.82. The van der Waals surface area contributed by atoms with Gasteiger partial charge in [0, 0.05) is 24.2 Å². The summed E-state index contributed by atoms with van der Waals surface area (Å²) in [7, 11) is 0. The number of nitrogens with one attached hydrogen (secondary N) is 2. The summed E-state index contributed by atoms with van der Waals surface area (Å²) < 4.78 is 0. The smallest absolute Gasteiger partial charge is 0.251 e. The number of amides is 1. The number of anilines is 1. The molecule has 2 unspecified atom stereocenters. The fourth-order valence-corrected chi connectivity index (χ4v) is 3.63. The Bertz CT molecular complexity index is 531. The summed E-state index contributed by atoms with van der Waals surface area (Å²) in [6, 6.07) is 6.40. The number of benzene rings is 1. The first kappa shape index (κ1) is 14.4. The SMILES string of the molecule is Cc1cc(C(=O)NC2CCN3CCCCC23)ccc1NN. The Morgan fingerprint density at radius 3 is 2.90 bits per heavy atom. The molecule has 0 saturated carbocycles. The second-order valence-corrected chi connectivity index (χ2v) is 6.14. The number of hydrogen-bond acceptors (Lipinski definition) is 4. The van der Waals surface area contributed by atoms with Gasteiger partial charge in [-0.05, 0) is 56.5 Å². The average molecular weight is 288 g/mol. The van der Waals surface area contributed by atoms with E-state index in [0.29, 0.717) is 17.6 Å². The molecule has 114 valence electrons. The van der Waals surface area contributed by atoms with E-state index in [1.54, 1.807) is 0 Å². The van der Waals surface area contributed by atoms with E-state index in [4.69, 9.17) is 5.84 Å². The van der Waals surface area contributed by atoms with E-state index >= 15 is 0 Å². The molecule has 5 nitrogen and oxygen atoms in total. The number of nitrogens with zero attached hydrogens (tertiary/aromatic N) is 1. The number of nitrogen functional groups attached to an aromatic ring is 1. The molecular formula is C16H24N4O. The molecule has 5 heteroatoms. The topological polar surface area (TPSA) is 70.4 Å². The number of hydrazine groups is 1. The van der Waals surface area contributed by atoms with Crippen LogP contribution in [0.25, 0.3) is 0 Å². The van der Waals surface area contributed by atoms with Crippen LogP contribution in [-0.2, 0) is 0 Å². The van der Waals surface area contributed by atoms with Crippen LogP contribution in [-0.4, -0.2) is 36.0 Å². The number of hydrogen-bond donors (Lipinski definition) is 3. The molecule has 2 fully saturated rings. The van der Waals surface area contributed by atoms with Gasteiger partial charge in [0.1, 0.15) is 0 Å². The molecule has 2 saturated heterocycles. The van der Waals surface area contributed by atoms with Gasteiger partial charge in [0.15, 0.2) is 0 Å². The zero-order valence-corrected chi connectivity index (χ0v) is 12.6. The van der Waals surface area contributed by atoms with Crippen molar-refractivity contribution in [2.45, 2.75) is 44.7 Å². The predicted molar refractivity (Wildman–Crippen MR) is 84.1 cm³/mol. The van der Waals surface area contributed by atoms with E-state index in [-0.39, 0.29) is 5.91 Å². The fraction of sp³-hybridized carbons (Fsp3) is 0.562. The maximum atomic E-state index is 12.4. The molecule has 4 N–H and O–H groups in total. The van der Waals surface area contributed by atoms with Crippen LogP contribution in [0.2, 0.25) is 0 Å². The maximum Gasteiger partial charge on any atom is 0.251 e. The highest BCUT2D eigenvalue weighted by Crippen LogP contribution is 2.27. The van der Waals surface area contributed by atoms with Gasteiger partial charge in [-0.25, -0.2) is 0 Å². The number of nitrogens with two attached hydrogens (primary N) is 1. The number of aryl methyl sites for hydroxylation is 1. The number of rotatable bonds is 3. The van der Waals surface area contributed by atoms with Crippen molar-refractivity contribution in [2.75, 3.05) is 18.5 Å². The highest BCUT2D eigenvalue weighted by Gasteiger charge is 2.36. The molecule has 2 aliphatic rings. The van der Waals surface area contributed by atoms with Gasteiger partial charge in [-0.3, -0.25) is 15.5 Å². The first-order valence-electron chi connectivity index (χ1n) is 7.81. The van der Waals surface area contributed by atoms with Crippen LogP contribution in [0.5, 0.6) is 0 Å². The minimum absolute atomic E-state index is 0.0269. The molecule has 1 amide bonds. The summed E-state index contributed by atoms with van der Waals surface area (Å²) in [5, 5.41) is 3.23. The summed E-state index contributed by atoms with van der Waals surface area (Å²) in [6.45, 7) is 4.25. The van der Waals surface area contributed by atoms with E-state index < -0.39 is 0 Å². The minimum atomic E-state index is 0.0269. The molecule has 0 spiro atoms. The molecule has 2 aliphatic heterocycles. The van der Waals surface area contributed by atoms with E-state index in [1.165, 1.54) is 25.8 Å². The molecule has 0 aromatic heterocycles. The Kier molecular flexibility index (Phi) is 4.12. The molecule has 1 aromatic carbocycles. The molecule has 2 atom stereocenters. The van der Waals surface area contributed by atoms with E-state index in [0.717, 1.165) is 24.2 Å². The highest BCUT2D eigenvalue weighted by atomic mass is 16.1. The molecule has 3 rings (SSSR count). The van der Waals surface area contributed by atoms with Crippen molar-refractivity contribution >= 4 is 11.6 Å². The monoisotopic (exact) mass is 288 g/mol. The lowest BCUT2D eigenvalue weighted by Crippen LogP contribution is -2.46. The molecule has 1 aromatic rings. The minimum Gasteiger partial charge on any atom is -0.348 e. The van der Waals surface area contributed by atoms with Crippen LogP contribution in [0.3, 0.4) is 0 Å². The summed E-state index contributed by atoms with van der Waals surface area (Å²) in [6.07, 6.45) is 4.85. The van der Waals surface area contributed by atoms with Crippen molar-refractivity contribution in [1.82, 2.24) is 10.2 Å². The van der Waals surface area contributed by atoms with Crippen molar-refractivity contribution in [3.8, 4) is 0 Å². The molecular weight excluding hydrogens is 264 g/mol. The third kappa shape index (κ3) is 2.89. The lowest BCUT2D eigenvalue weighted by Gasteiger charge is -2.32. The van der Waals surface area contributed by atoms with Crippen LogP contribution in [0.4, 0.5) is 5.69 Å². The van der Waals surface area contributed by atoms with Crippen LogP contribution >= 0.6 is 0 Å². The number of piperidine rings is 1.